The molecule has 0 atom stereocenters. The SMILES string of the molecule is CCOC(=O)C(=O)Cc1cc(C(F)(F)F)cc(C(F)(F)F)c1. The van der Waals surface area contributed by atoms with Crippen LogP contribution in [0.15, 0.2) is 18.2 Å². The average molecular weight is 328 g/mol. The normalized spacial score (nSPS) is 12.1. The molecule has 0 N–H and O–H groups in total. The first-order valence-corrected chi connectivity index (χ1v) is 5.93. The summed E-state index contributed by atoms with van der Waals surface area (Å²) < 4.78 is 80.0. The van der Waals surface area contributed by atoms with Gasteiger partial charge in [-0.2, -0.15) is 26.3 Å². The number of alkyl halides is 6. The zero-order chi connectivity index (χ0) is 17.1. The van der Waals surface area contributed by atoms with Gasteiger partial charge in [-0.25, -0.2) is 4.79 Å². The third-order valence-electron chi connectivity index (χ3n) is 2.52. The number of ether oxygens (including phenoxy) is 1. The highest BCUT2D eigenvalue weighted by Gasteiger charge is 2.37. The maximum Gasteiger partial charge on any atom is 0.416 e. The minimum Gasteiger partial charge on any atom is -0.460 e. The number of hydrogen-bond acceptors (Lipinski definition) is 3. The quantitative estimate of drug-likeness (QED) is 0.483. The van der Waals surface area contributed by atoms with Crippen LogP contribution in [0.5, 0.6) is 0 Å². The van der Waals surface area contributed by atoms with Crippen molar-refractivity contribution in [3.05, 3.63) is 34.9 Å². The van der Waals surface area contributed by atoms with E-state index in [1.165, 1.54) is 6.92 Å². The van der Waals surface area contributed by atoms with Crippen molar-refractivity contribution in [2.75, 3.05) is 6.61 Å². The molecule has 1 rings (SSSR count). The number of carbonyl (C=O) groups excluding carboxylic acids is 2. The van der Waals surface area contributed by atoms with Crippen LogP contribution in [0, 0.1) is 0 Å². The molecule has 22 heavy (non-hydrogen) atoms. The summed E-state index contributed by atoms with van der Waals surface area (Å²) in [5, 5.41) is 0. The minimum absolute atomic E-state index is 0.0572. The van der Waals surface area contributed by atoms with Crippen LogP contribution in [0.1, 0.15) is 23.6 Å². The summed E-state index contributed by atoms with van der Waals surface area (Å²) in [5.41, 5.74) is -3.66. The van der Waals surface area contributed by atoms with E-state index in [2.05, 4.69) is 4.74 Å². The number of ketones is 1. The van der Waals surface area contributed by atoms with Gasteiger partial charge in [-0.15, -0.1) is 0 Å². The lowest BCUT2D eigenvalue weighted by Crippen LogP contribution is -2.20. The van der Waals surface area contributed by atoms with Gasteiger partial charge in [-0.3, -0.25) is 4.79 Å². The number of rotatable bonds is 4. The van der Waals surface area contributed by atoms with E-state index in [1.807, 2.05) is 0 Å². The largest absolute Gasteiger partial charge is 0.460 e. The molecule has 122 valence electrons. The van der Waals surface area contributed by atoms with Gasteiger partial charge in [0.1, 0.15) is 0 Å². The summed E-state index contributed by atoms with van der Waals surface area (Å²) in [5.74, 6) is -2.54. The number of benzene rings is 1. The fourth-order valence-electron chi connectivity index (χ4n) is 1.59. The summed E-state index contributed by atoms with van der Waals surface area (Å²) in [6.45, 7) is 1.26. The van der Waals surface area contributed by atoms with Crippen LogP contribution >= 0.6 is 0 Å². The van der Waals surface area contributed by atoms with Crippen LogP contribution in [0.4, 0.5) is 26.3 Å². The predicted molar refractivity (Wildman–Crippen MR) is 61.8 cm³/mol. The molecule has 0 heterocycles. The van der Waals surface area contributed by atoms with Crippen molar-refractivity contribution in [1.82, 2.24) is 0 Å². The molecule has 0 unspecified atom stereocenters. The smallest absolute Gasteiger partial charge is 0.416 e. The number of carbonyl (C=O) groups is 2. The van der Waals surface area contributed by atoms with E-state index in [0.29, 0.717) is 12.1 Å². The lowest BCUT2D eigenvalue weighted by Gasteiger charge is -2.13. The molecule has 0 amide bonds. The topological polar surface area (TPSA) is 43.4 Å². The number of hydrogen-bond donors (Lipinski definition) is 0. The summed E-state index contributed by atoms with van der Waals surface area (Å²) in [6.07, 6.45) is -10.9. The van der Waals surface area contributed by atoms with Crippen molar-refractivity contribution < 1.29 is 40.7 Å². The Morgan fingerprint density at radius 2 is 1.41 bits per heavy atom. The maximum absolute atomic E-state index is 12.6. The second-order valence-corrected chi connectivity index (χ2v) is 4.23. The standard InChI is InChI=1S/C13H10F6O3/c1-2-22-11(21)10(20)5-7-3-8(12(14,15)16)6-9(4-7)13(17,18)19/h3-4,6H,2,5H2,1H3. The molecular weight excluding hydrogens is 318 g/mol. The third kappa shape index (κ3) is 4.74. The lowest BCUT2D eigenvalue weighted by atomic mass is 10.0. The molecule has 0 saturated heterocycles. The summed E-state index contributed by atoms with van der Waals surface area (Å²) in [7, 11) is 0. The van der Waals surface area contributed by atoms with Crippen LogP contribution in [-0.4, -0.2) is 18.4 Å². The van der Waals surface area contributed by atoms with Crippen molar-refractivity contribution in [2.45, 2.75) is 25.7 Å². The Balaban J connectivity index is 3.19. The van der Waals surface area contributed by atoms with Crippen molar-refractivity contribution in [2.24, 2.45) is 0 Å². The van der Waals surface area contributed by atoms with Gasteiger partial charge in [-0.05, 0) is 30.7 Å². The van der Waals surface area contributed by atoms with Crippen LogP contribution in [0.2, 0.25) is 0 Å². The van der Waals surface area contributed by atoms with E-state index in [-0.39, 0.29) is 12.7 Å². The highest BCUT2D eigenvalue weighted by Crippen LogP contribution is 2.36. The molecule has 0 saturated carbocycles. The molecule has 0 fully saturated rings. The van der Waals surface area contributed by atoms with Crippen LogP contribution in [0.3, 0.4) is 0 Å². The molecule has 0 aromatic heterocycles. The monoisotopic (exact) mass is 328 g/mol. The van der Waals surface area contributed by atoms with E-state index < -0.39 is 47.2 Å². The Morgan fingerprint density at radius 3 is 1.77 bits per heavy atom. The second-order valence-electron chi connectivity index (χ2n) is 4.23. The molecule has 0 radical (unpaired) electrons. The minimum atomic E-state index is -5.01. The molecule has 3 nitrogen and oxygen atoms in total. The van der Waals surface area contributed by atoms with E-state index in [9.17, 15) is 35.9 Å². The molecule has 0 spiro atoms. The number of Topliss-reactive ketones (excluding diaryl/α,β-unsaturated/α-hetero) is 1. The van der Waals surface area contributed by atoms with Gasteiger partial charge in [0.25, 0.3) is 0 Å². The van der Waals surface area contributed by atoms with Crippen molar-refractivity contribution in [3.8, 4) is 0 Å². The van der Waals surface area contributed by atoms with Gasteiger partial charge in [0.05, 0.1) is 17.7 Å². The Bertz CT molecular complexity index is 542. The molecular formula is C13H10F6O3. The fourth-order valence-corrected chi connectivity index (χ4v) is 1.59. The maximum atomic E-state index is 12.6. The molecule has 0 aliphatic rings. The Morgan fingerprint density at radius 1 is 0.955 bits per heavy atom. The van der Waals surface area contributed by atoms with E-state index in [4.69, 9.17) is 0 Å². The van der Waals surface area contributed by atoms with Crippen molar-refractivity contribution >= 4 is 11.8 Å². The molecule has 0 bridgehead atoms. The zero-order valence-corrected chi connectivity index (χ0v) is 11.1. The number of esters is 1. The van der Waals surface area contributed by atoms with Gasteiger partial charge in [0, 0.05) is 6.42 Å². The zero-order valence-electron chi connectivity index (χ0n) is 11.1. The molecule has 0 aliphatic carbocycles. The van der Waals surface area contributed by atoms with Crippen LogP contribution in [-0.2, 0) is 33.1 Å². The number of halogens is 6. The summed E-state index contributed by atoms with van der Waals surface area (Å²) in [4.78, 5) is 22.5. The lowest BCUT2D eigenvalue weighted by molar-refractivity contribution is -0.153. The summed E-state index contributed by atoms with van der Waals surface area (Å²) >= 11 is 0. The first-order valence-electron chi connectivity index (χ1n) is 5.93. The molecule has 9 heteroatoms. The van der Waals surface area contributed by atoms with Crippen LogP contribution in [0.25, 0.3) is 0 Å². The van der Waals surface area contributed by atoms with Gasteiger partial charge in [0.2, 0.25) is 5.78 Å². The van der Waals surface area contributed by atoms with Crippen LogP contribution < -0.4 is 0 Å². The van der Waals surface area contributed by atoms with Crippen molar-refractivity contribution in [3.63, 3.8) is 0 Å². The fraction of sp³-hybridized carbons (Fsp3) is 0.385. The van der Waals surface area contributed by atoms with Gasteiger partial charge < -0.3 is 4.74 Å². The molecule has 1 aromatic rings. The highest BCUT2D eigenvalue weighted by molar-refractivity contribution is 6.34. The third-order valence-corrected chi connectivity index (χ3v) is 2.52. The van der Waals surface area contributed by atoms with Gasteiger partial charge in [0.15, 0.2) is 0 Å². The predicted octanol–water partition coefficient (Wildman–Crippen LogP) is 3.40. The Labute approximate surface area is 120 Å². The Hall–Kier alpha value is -2.06. The van der Waals surface area contributed by atoms with Crippen molar-refractivity contribution in [1.29, 1.82) is 0 Å². The van der Waals surface area contributed by atoms with E-state index in [1.54, 1.807) is 0 Å². The molecule has 1 aromatic carbocycles. The van der Waals surface area contributed by atoms with Gasteiger partial charge >= 0.3 is 18.3 Å². The Kier molecular flexibility index (Phi) is 5.21. The summed E-state index contributed by atoms with van der Waals surface area (Å²) in [6, 6.07) is 0.733. The van der Waals surface area contributed by atoms with E-state index >= 15 is 0 Å². The first-order chi connectivity index (χ1) is 9.95. The highest BCUT2D eigenvalue weighted by atomic mass is 19.4. The second kappa shape index (κ2) is 6.37. The van der Waals surface area contributed by atoms with E-state index in [0.717, 1.165) is 0 Å². The molecule has 0 aliphatic heterocycles. The first kappa shape index (κ1) is 18.0. The van der Waals surface area contributed by atoms with Gasteiger partial charge in [-0.1, -0.05) is 0 Å². The average Bonchev–Trinajstić information content (AvgIpc) is 2.36.